The van der Waals surface area contributed by atoms with Gasteiger partial charge in [-0.15, -0.1) is 0 Å². The lowest BCUT2D eigenvalue weighted by atomic mass is 10.0. The molecular weight excluding hydrogens is 248 g/mol. The summed E-state index contributed by atoms with van der Waals surface area (Å²) in [4.78, 5) is 24.8. The van der Waals surface area contributed by atoms with Crippen LogP contribution >= 0.6 is 0 Å². The normalized spacial score (nSPS) is 14.2. The molecule has 6 heteroatoms. The fourth-order valence-electron chi connectivity index (χ4n) is 1.92. The molecule has 0 aliphatic carbocycles. The first-order chi connectivity index (χ1) is 9.04. The van der Waals surface area contributed by atoms with E-state index in [0.29, 0.717) is 5.56 Å². The average molecular weight is 264 g/mol. The van der Waals surface area contributed by atoms with Gasteiger partial charge >= 0.3 is 5.97 Å². The van der Waals surface area contributed by atoms with Crippen LogP contribution in [-0.4, -0.2) is 29.5 Å². The number of hydrogen-bond acceptors (Lipinski definition) is 4. The molecule has 1 N–H and O–H groups in total. The Labute approximate surface area is 110 Å². The molecule has 102 valence electrons. The van der Waals surface area contributed by atoms with E-state index in [9.17, 15) is 14.9 Å². The van der Waals surface area contributed by atoms with Crippen molar-refractivity contribution in [3.63, 3.8) is 0 Å². The van der Waals surface area contributed by atoms with Gasteiger partial charge in [-0.2, -0.15) is 0 Å². The molecule has 0 radical (unpaired) electrons. The van der Waals surface area contributed by atoms with Gasteiger partial charge in [0, 0.05) is 16.5 Å². The molecule has 1 aromatic rings. The second kappa shape index (κ2) is 6.53. The Morgan fingerprint density at radius 3 is 2.84 bits per heavy atom. The summed E-state index contributed by atoms with van der Waals surface area (Å²) in [5, 5.41) is 12.2. The molecule has 0 saturated heterocycles. The number of rotatable bonds is 5. The van der Waals surface area contributed by atoms with Gasteiger partial charge in [0.1, 0.15) is 5.92 Å². The van der Waals surface area contributed by atoms with Crippen molar-refractivity contribution in [3.05, 3.63) is 45.1 Å². The van der Waals surface area contributed by atoms with Crippen LogP contribution in [0.2, 0.25) is 0 Å². The highest BCUT2D eigenvalue weighted by atomic mass is 16.6. The molecule has 0 aliphatic rings. The van der Waals surface area contributed by atoms with E-state index in [-0.39, 0.29) is 0 Å². The van der Waals surface area contributed by atoms with Gasteiger partial charge in [-0.25, -0.2) is 0 Å². The maximum Gasteiger partial charge on any atom is 0.319 e. The third kappa shape index (κ3) is 3.31. The molecular formula is C13H16N2O4. The number of ether oxygens (including phenoxy) is 1. The van der Waals surface area contributed by atoms with E-state index in [1.165, 1.54) is 7.11 Å². The molecule has 1 aromatic heterocycles. The molecule has 0 aliphatic heterocycles. The Morgan fingerprint density at radius 2 is 2.37 bits per heavy atom. The summed E-state index contributed by atoms with van der Waals surface area (Å²) in [6, 6.07) is 0. The highest BCUT2D eigenvalue weighted by Gasteiger charge is 2.28. The second-order valence-corrected chi connectivity index (χ2v) is 3.85. The van der Waals surface area contributed by atoms with Crippen LogP contribution in [0, 0.1) is 10.1 Å². The number of allylic oxidation sites excluding steroid dienone is 1. The molecule has 19 heavy (non-hydrogen) atoms. The SMILES string of the molecule is C=C/C=c1/[nH]cc(C(C[N+](=O)[O-])C(=O)OC)/c1=C/C. The predicted molar refractivity (Wildman–Crippen MR) is 71.5 cm³/mol. The number of methoxy groups -OCH3 is 1. The molecule has 1 rings (SSSR count). The number of carbonyl (C=O) groups excluding carboxylic acids is 1. The summed E-state index contributed by atoms with van der Waals surface area (Å²) >= 11 is 0. The Bertz CT molecular complexity index is 601. The fourth-order valence-corrected chi connectivity index (χ4v) is 1.92. The standard InChI is InChI=1S/C13H16N2O4/c1-4-6-12-9(5-2)10(7-14-12)11(8-15(17)18)13(16)19-3/h4-7,11,14H,1,8H2,2-3H3/b9-5-,12-6+. The Kier molecular flexibility index (Phi) is 5.05. The number of esters is 1. The van der Waals surface area contributed by atoms with E-state index in [1.54, 1.807) is 31.3 Å². The van der Waals surface area contributed by atoms with Crippen LogP contribution in [0.15, 0.2) is 18.9 Å². The number of aromatic nitrogens is 1. The van der Waals surface area contributed by atoms with Crippen LogP contribution in [0.4, 0.5) is 0 Å². The number of nitrogens with one attached hydrogen (secondary N) is 1. The van der Waals surface area contributed by atoms with Gasteiger partial charge in [0.15, 0.2) is 0 Å². The van der Waals surface area contributed by atoms with E-state index in [1.807, 2.05) is 0 Å². The van der Waals surface area contributed by atoms with E-state index in [2.05, 4.69) is 16.3 Å². The minimum Gasteiger partial charge on any atom is -0.468 e. The first-order valence-corrected chi connectivity index (χ1v) is 5.71. The van der Waals surface area contributed by atoms with E-state index >= 15 is 0 Å². The first-order valence-electron chi connectivity index (χ1n) is 5.71. The topological polar surface area (TPSA) is 85.2 Å². The van der Waals surface area contributed by atoms with E-state index in [4.69, 9.17) is 0 Å². The summed E-state index contributed by atoms with van der Waals surface area (Å²) < 4.78 is 4.63. The quantitative estimate of drug-likeness (QED) is 0.471. The largest absolute Gasteiger partial charge is 0.468 e. The molecule has 0 saturated carbocycles. The Balaban J connectivity index is 3.39. The van der Waals surface area contributed by atoms with Crippen molar-refractivity contribution in [3.8, 4) is 0 Å². The van der Waals surface area contributed by atoms with Crippen LogP contribution in [0.3, 0.4) is 0 Å². The molecule has 1 atom stereocenters. The van der Waals surface area contributed by atoms with Gasteiger partial charge < -0.3 is 9.72 Å². The minimum atomic E-state index is -0.922. The van der Waals surface area contributed by atoms with Crippen molar-refractivity contribution in [2.45, 2.75) is 12.8 Å². The molecule has 1 heterocycles. The molecule has 6 nitrogen and oxygen atoms in total. The van der Waals surface area contributed by atoms with Crippen molar-refractivity contribution in [2.75, 3.05) is 13.7 Å². The zero-order valence-electron chi connectivity index (χ0n) is 10.9. The van der Waals surface area contributed by atoms with Gasteiger partial charge in [-0.05, 0) is 23.8 Å². The number of hydrogen-bond donors (Lipinski definition) is 1. The molecule has 0 amide bonds. The monoisotopic (exact) mass is 264 g/mol. The van der Waals surface area contributed by atoms with Gasteiger partial charge in [0.05, 0.1) is 7.11 Å². The van der Waals surface area contributed by atoms with Crippen molar-refractivity contribution in [1.29, 1.82) is 0 Å². The third-order valence-corrected chi connectivity index (χ3v) is 2.75. The molecule has 0 spiro atoms. The maximum atomic E-state index is 11.7. The number of nitrogens with zero attached hydrogens (tertiary/aromatic N) is 1. The number of H-pyrrole nitrogens is 1. The number of nitro groups is 1. The van der Waals surface area contributed by atoms with Crippen molar-refractivity contribution in [1.82, 2.24) is 4.98 Å². The Hall–Kier alpha value is -2.37. The van der Waals surface area contributed by atoms with Gasteiger partial charge in [0.2, 0.25) is 6.54 Å². The molecule has 0 aromatic carbocycles. The van der Waals surface area contributed by atoms with Crippen molar-refractivity contribution >= 4 is 18.1 Å². The van der Waals surface area contributed by atoms with Crippen molar-refractivity contribution in [2.24, 2.45) is 0 Å². The van der Waals surface area contributed by atoms with Crippen molar-refractivity contribution < 1.29 is 14.5 Å². The van der Waals surface area contributed by atoms with E-state index < -0.39 is 23.4 Å². The summed E-state index contributed by atoms with van der Waals surface area (Å²) in [6.07, 6.45) is 6.72. The first kappa shape index (κ1) is 14.7. The second-order valence-electron chi connectivity index (χ2n) is 3.85. The van der Waals surface area contributed by atoms with Gasteiger partial charge in [-0.1, -0.05) is 18.7 Å². The third-order valence-electron chi connectivity index (χ3n) is 2.75. The van der Waals surface area contributed by atoms with Gasteiger partial charge in [0.25, 0.3) is 0 Å². The number of carbonyl (C=O) groups is 1. The summed E-state index contributed by atoms with van der Waals surface area (Å²) in [5.74, 6) is -1.54. The van der Waals surface area contributed by atoms with Crippen LogP contribution in [0.1, 0.15) is 18.4 Å². The van der Waals surface area contributed by atoms with Crippen LogP contribution in [0.25, 0.3) is 12.2 Å². The molecule has 0 fully saturated rings. The lowest BCUT2D eigenvalue weighted by Crippen LogP contribution is -2.31. The minimum absolute atomic E-state index is 0.501. The average Bonchev–Trinajstić information content (AvgIpc) is 2.78. The lowest BCUT2D eigenvalue weighted by Gasteiger charge is -2.08. The highest BCUT2D eigenvalue weighted by Crippen LogP contribution is 2.12. The smallest absolute Gasteiger partial charge is 0.319 e. The zero-order valence-corrected chi connectivity index (χ0v) is 10.9. The zero-order chi connectivity index (χ0) is 14.4. The Morgan fingerprint density at radius 1 is 1.68 bits per heavy atom. The van der Waals surface area contributed by atoms with Crippen LogP contribution in [-0.2, 0) is 9.53 Å². The molecule has 1 unspecified atom stereocenters. The summed E-state index contributed by atoms with van der Waals surface area (Å²) in [6.45, 7) is 4.89. The molecule has 0 bridgehead atoms. The summed E-state index contributed by atoms with van der Waals surface area (Å²) in [7, 11) is 1.22. The van der Waals surface area contributed by atoms with Crippen LogP contribution in [0.5, 0.6) is 0 Å². The van der Waals surface area contributed by atoms with Crippen LogP contribution < -0.4 is 10.6 Å². The lowest BCUT2D eigenvalue weighted by molar-refractivity contribution is -0.481. The maximum absolute atomic E-state index is 11.7. The fraction of sp³-hybridized carbons (Fsp3) is 0.308. The highest BCUT2D eigenvalue weighted by molar-refractivity contribution is 5.78. The van der Waals surface area contributed by atoms with Gasteiger partial charge in [-0.3, -0.25) is 14.9 Å². The van der Waals surface area contributed by atoms with E-state index in [0.717, 1.165) is 10.6 Å². The predicted octanol–water partition coefficient (Wildman–Crippen LogP) is 0.315. The summed E-state index contributed by atoms with van der Waals surface area (Å²) in [5.41, 5.74) is 0.555. The number of aromatic amines is 1.